The highest BCUT2D eigenvalue weighted by Gasteiger charge is 2.55. The van der Waals surface area contributed by atoms with E-state index in [0.29, 0.717) is 5.76 Å². The first-order valence-electron chi connectivity index (χ1n) is 25.8. The van der Waals surface area contributed by atoms with Gasteiger partial charge in [0, 0.05) is 13.6 Å². The van der Waals surface area contributed by atoms with Crippen molar-refractivity contribution in [3.05, 3.63) is 11.8 Å². The second kappa shape index (κ2) is 25.9. The van der Waals surface area contributed by atoms with Crippen LogP contribution in [0.4, 0.5) is 24.0 Å². The maximum atomic E-state index is 13.9. The van der Waals surface area contributed by atoms with Crippen LogP contribution in [-0.4, -0.2) is 201 Å². The standard InChI is InChI=1S/C51H91N7O19/c1-45(2,3)73-40(63)53-24-31(59)37(62)54-29-22-30(56-42(65)75-47(7,8)9)35(32(60)34(29)72-39-33(61)36(51(18,68)26-69-39)58(19)44(67)77-49(13,14)15)71-38-28(55-41(64)74-46(4,5)6)21-20-27(70-38)23-52-25-50(16,17)57-43(66)76-48(10,11)12/h20,28-36,38-39,52,59-61,68H,21-26H2,1-19H3,(H,53,63)(H,54,62)(H,55,64)(H,56,65)(H,57,66)/t28-,29-,30+,31+,32-,33-,34+,35-,36-,38-,39-,51+/m1/s1. The monoisotopic (exact) mass is 1110 g/mol. The van der Waals surface area contributed by atoms with Crippen LogP contribution in [-0.2, 0) is 47.4 Å². The van der Waals surface area contributed by atoms with E-state index >= 15 is 0 Å². The van der Waals surface area contributed by atoms with E-state index in [1.165, 1.54) is 14.0 Å². The van der Waals surface area contributed by atoms with Gasteiger partial charge in [-0.05, 0) is 144 Å². The number of hydrogen-bond acceptors (Lipinski definition) is 20. The quantitative estimate of drug-likeness (QED) is 0.0993. The highest BCUT2D eigenvalue weighted by Crippen LogP contribution is 2.35. The summed E-state index contributed by atoms with van der Waals surface area (Å²) in [4.78, 5) is 80.3. The number of nitrogens with one attached hydrogen (secondary N) is 6. The number of hydrogen-bond donors (Lipinski definition) is 10. The molecule has 0 aromatic heterocycles. The summed E-state index contributed by atoms with van der Waals surface area (Å²) in [6.07, 6.45) is -15.1. The lowest BCUT2D eigenvalue weighted by atomic mass is 9.82. The van der Waals surface area contributed by atoms with Crippen molar-refractivity contribution in [1.82, 2.24) is 36.8 Å². The first-order chi connectivity index (χ1) is 34.8. The maximum absolute atomic E-state index is 13.9. The largest absolute Gasteiger partial charge is 0.466 e. The molecule has 2 aliphatic heterocycles. The Morgan fingerprint density at radius 2 is 1.14 bits per heavy atom. The molecule has 3 rings (SSSR count). The highest BCUT2D eigenvalue weighted by atomic mass is 16.7. The van der Waals surface area contributed by atoms with Crippen LogP contribution < -0.4 is 31.9 Å². The third-order valence-corrected chi connectivity index (χ3v) is 11.2. The predicted octanol–water partition coefficient (Wildman–Crippen LogP) is 2.91. The van der Waals surface area contributed by atoms with Crippen LogP contribution in [0.2, 0.25) is 0 Å². The van der Waals surface area contributed by atoms with Crippen molar-refractivity contribution < 1.29 is 91.8 Å². The molecule has 77 heavy (non-hydrogen) atoms. The number of rotatable bonds is 16. The number of aliphatic hydroxyl groups is 4. The number of ether oxygens (including phenoxy) is 9. The number of amides is 6. The molecular weight excluding hydrogens is 1010 g/mol. The van der Waals surface area contributed by atoms with Gasteiger partial charge in [0.25, 0.3) is 5.91 Å². The number of likely N-dealkylation sites (N-methyl/N-ethyl adjacent to an activating group) is 1. The zero-order valence-electron chi connectivity index (χ0n) is 48.5. The normalized spacial score (nSPS) is 27.8. The minimum atomic E-state index is -1.95. The van der Waals surface area contributed by atoms with Gasteiger partial charge < -0.3 is 99.9 Å². The molecule has 0 spiro atoms. The van der Waals surface area contributed by atoms with Crippen molar-refractivity contribution >= 4 is 36.4 Å². The number of carbonyl (C=O) groups is 6. The van der Waals surface area contributed by atoms with Crippen molar-refractivity contribution in [3.8, 4) is 0 Å². The Hall–Kier alpha value is -4.96. The summed E-state index contributed by atoms with van der Waals surface area (Å²) in [5.74, 6) is -0.771. The van der Waals surface area contributed by atoms with E-state index in [4.69, 9.17) is 42.6 Å². The maximum Gasteiger partial charge on any atom is 0.410 e. The molecule has 0 unspecified atom stereocenters. The molecule has 2 heterocycles. The van der Waals surface area contributed by atoms with E-state index in [-0.39, 0.29) is 25.9 Å². The van der Waals surface area contributed by atoms with Gasteiger partial charge in [-0.15, -0.1) is 0 Å². The lowest BCUT2D eigenvalue weighted by Gasteiger charge is -2.50. The van der Waals surface area contributed by atoms with Crippen LogP contribution in [0.15, 0.2) is 11.8 Å². The average Bonchev–Trinajstić information content (AvgIpc) is 3.20. The summed E-state index contributed by atoms with van der Waals surface area (Å²) < 4.78 is 52.7. The molecule has 1 aliphatic carbocycles. The van der Waals surface area contributed by atoms with Gasteiger partial charge in [0.15, 0.2) is 6.29 Å². The Kier molecular flexibility index (Phi) is 22.3. The van der Waals surface area contributed by atoms with Crippen molar-refractivity contribution in [2.45, 2.75) is 244 Å². The summed E-state index contributed by atoms with van der Waals surface area (Å²) in [7, 11) is 1.30. The Morgan fingerprint density at radius 1 is 0.675 bits per heavy atom. The second-order valence-corrected chi connectivity index (χ2v) is 25.5. The summed E-state index contributed by atoms with van der Waals surface area (Å²) in [5.41, 5.74) is -7.28. The molecule has 26 nitrogen and oxygen atoms in total. The predicted molar refractivity (Wildman–Crippen MR) is 277 cm³/mol. The zero-order valence-corrected chi connectivity index (χ0v) is 48.5. The summed E-state index contributed by atoms with van der Waals surface area (Å²) >= 11 is 0. The first-order valence-corrected chi connectivity index (χ1v) is 25.8. The second-order valence-electron chi connectivity index (χ2n) is 25.5. The van der Waals surface area contributed by atoms with Gasteiger partial charge in [-0.1, -0.05) is 0 Å². The molecule has 0 bridgehead atoms. The number of alkyl carbamates (subject to hydrolysis) is 4. The lowest BCUT2D eigenvalue weighted by Crippen LogP contribution is -2.71. The number of aliphatic hydroxyl groups excluding tert-OH is 3. The fourth-order valence-corrected chi connectivity index (χ4v) is 8.23. The minimum absolute atomic E-state index is 0.0653. The molecule has 1 saturated carbocycles. The molecule has 0 aromatic carbocycles. The Balaban J connectivity index is 2.13. The topological polar surface area (TPSA) is 342 Å². The molecular formula is C51H91N7O19. The van der Waals surface area contributed by atoms with Crippen LogP contribution in [0.3, 0.4) is 0 Å². The van der Waals surface area contributed by atoms with Crippen molar-refractivity contribution in [2.24, 2.45) is 0 Å². The molecule has 3 aliphatic rings. The Morgan fingerprint density at radius 3 is 1.66 bits per heavy atom. The lowest BCUT2D eigenvalue weighted by molar-refractivity contribution is -0.311. The van der Waals surface area contributed by atoms with E-state index in [9.17, 15) is 49.2 Å². The summed E-state index contributed by atoms with van der Waals surface area (Å²) in [6.45, 7) is 28.9. The van der Waals surface area contributed by atoms with Crippen molar-refractivity contribution in [2.75, 3.05) is 33.3 Å². The van der Waals surface area contributed by atoms with E-state index in [0.717, 1.165) is 4.90 Å². The van der Waals surface area contributed by atoms with Crippen LogP contribution in [0, 0.1) is 0 Å². The van der Waals surface area contributed by atoms with Crippen molar-refractivity contribution in [3.63, 3.8) is 0 Å². The van der Waals surface area contributed by atoms with Gasteiger partial charge in [0.05, 0.1) is 49.4 Å². The van der Waals surface area contributed by atoms with Gasteiger partial charge in [-0.2, -0.15) is 0 Å². The molecule has 0 aromatic rings. The fraction of sp³-hybridized carbons (Fsp3) is 0.843. The molecule has 12 atom stereocenters. The summed E-state index contributed by atoms with van der Waals surface area (Å²) in [5, 5.41) is 63.7. The first kappa shape index (κ1) is 66.3. The third-order valence-electron chi connectivity index (χ3n) is 11.2. The van der Waals surface area contributed by atoms with Crippen LogP contribution in [0.25, 0.3) is 0 Å². The van der Waals surface area contributed by atoms with Gasteiger partial charge >= 0.3 is 30.5 Å². The van der Waals surface area contributed by atoms with Crippen LogP contribution in [0.1, 0.15) is 137 Å². The molecule has 26 heteroatoms. The number of nitrogens with zero attached hydrogens (tertiary/aromatic N) is 1. The number of carbonyl (C=O) groups excluding carboxylic acids is 6. The fourth-order valence-electron chi connectivity index (χ4n) is 8.23. The Labute approximate surface area is 453 Å². The zero-order chi connectivity index (χ0) is 59.0. The van der Waals surface area contributed by atoms with E-state index in [2.05, 4.69) is 31.9 Å². The average molecular weight is 1110 g/mol. The van der Waals surface area contributed by atoms with Crippen LogP contribution in [0.5, 0.6) is 0 Å². The smallest absolute Gasteiger partial charge is 0.410 e. The molecule has 6 amide bonds. The van der Waals surface area contributed by atoms with E-state index in [1.807, 2.05) is 0 Å². The molecule has 2 fully saturated rings. The van der Waals surface area contributed by atoms with E-state index in [1.54, 1.807) is 124 Å². The van der Waals surface area contributed by atoms with Gasteiger partial charge in [0.2, 0.25) is 6.29 Å². The van der Waals surface area contributed by atoms with Crippen LogP contribution >= 0.6 is 0 Å². The molecule has 0 radical (unpaired) electrons. The summed E-state index contributed by atoms with van der Waals surface area (Å²) in [6, 6.07) is -5.20. The molecule has 10 N–H and O–H groups in total. The van der Waals surface area contributed by atoms with Gasteiger partial charge in [0.1, 0.15) is 69.9 Å². The SMILES string of the molecule is CN(C(=O)OC(C)(C)C)[C@@H]1[C@@H](O)[C@@H](O[C@@H]2[C@@H](O)[C@H](O[C@H]3OC(CNCC(C)(C)NC(=O)OC(C)(C)C)=CC[C@H]3NC(=O)OC(C)(C)C)[C@@H](NC(=O)OC(C)(C)C)C[C@H]2NC(=O)[C@@H](O)CNC(=O)OC(C)(C)C)OC[C@]1(C)O. The Bertz CT molecular complexity index is 2060. The molecule has 1 saturated heterocycles. The minimum Gasteiger partial charge on any atom is -0.466 e. The molecule has 444 valence electrons. The van der Waals surface area contributed by atoms with Crippen molar-refractivity contribution in [1.29, 1.82) is 0 Å². The third kappa shape index (κ3) is 22.7. The van der Waals surface area contributed by atoms with Gasteiger partial charge in [-0.25, -0.2) is 24.0 Å². The van der Waals surface area contributed by atoms with Gasteiger partial charge in [-0.3, -0.25) is 4.79 Å². The van der Waals surface area contributed by atoms with E-state index < -0.39 is 156 Å². The highest BCUT2D eigenvalue weighted by molar-refractivity contribution is 5.82.